The van der Waals surface area contributed by atoms with Gasteiger partial charge in [0.25, 0.3) is 5.91 Å². The molecule has 0 bridgehead atoms. The molecule has 0 spiro atoms. The van der Waals surface area contributed by atoms with Gasteiger partial charge >= 0.3 is 0 Å². The smallest absolute Gasteiger partial charge is 0.253 e. The van der Waals surface area contributed by atoms with Crippen molar-refractivity contribution in [1.29, 1.82) is 5.26 Å². The van der Waals surface area contributed by atoms with Gasteiger partial charge in [0.1, 0.15) is 11.8 Å². The summed E-state index contributed by atoms with van der Waals surface area (Å²) in [4.78, 5) is 28.1. The maximum absolute atomic E-state index is 13.5. The predicted octanol–water partition coefficient (Wildman–Crippen LogP) is 2.10. The number of ether oxygens (including phenoxy) is 1. The second kappa shape index (κ2) is 6.69. The van der Waals surface area contributed by atoms with E-state index in [2.05, 4.69) is 16.1 Å². The topological polar surface area (TPSA) is 76.9 Å². The summed E-state index contributed by atoms with van der Waals surface area (Å²) >= 11 is 0. The lowest BCUT2D eigenvalue weighted by Gasteiger charge is -2.29. The third-order valence-electron chi connectivity index (χ3n) is 6.12. The van der Waals surface area contributed by atoms with Crippen LogP contribution in [0.2, 0.25) is 0 Å². The van der Waals surface area contributed by atoms with Crippen LogP contribution >= 0.6 is 0 Å². The van der Waals surface area contributed by atoms with E-state index >= 15 is 0 Å². The Hall–Kier alpha value is -3.21. The molecule has 0 unspecified atom stereocenters. The van der Waals surface area contributed by atoms with Crippen molar-refractivity contribution in [3.8, 4) is 11.8 Å². The average molecular weight is 388 g/mol. The van der Waals surface area contributed by atoms with Gasteiger partial charge in [-0.25, -0.2) is 14.9 Å². The van der Waals surface area contributed by atoms with Crippen LogP contribution in [-0.2, 0) is 9.59 Å². The normalized spacial score (nSPS) is 26.5. The zero-order valence-electron chi connectivity index (χ0n) is 16.0. The van der Waals surface area contributed by atoms with E-state index < -0.39 is 12.0 Å². The number of rotatable bonds is 3. The summed E-state index contributed by atoms with van der Waals surface area (Å²) in [6, 6.07) is 15.7. The van der Waals surface area contributed by atoms with Crippen molar-refractivity contribution < 1.29 is 14.3 Å². The van der Waals surface area contributed by atoms with Crippen LogP contribution in [-0.4, -0.2) is 48.1 Å². The van der Waals surface area contributed by atoms with E-state index in [4.69, 9.17) is 10.00 Å². The van der Waals surface area contributed by atoms with Gasteiger partial charge in [0.15, 0.2) is 0 Å². The predicted molar refractivity (Wildman–Crippen MR) is 105 cm³/mol. The van der Waals surface area contributed by atoms with Crippen molar-refractivity contribution in [2.75, 3.05) is 25.1 Å². The molecule has 2 amide bonds. The highest BCUT2D eigenvalue weighted by Gasteiger charge is 2.62. The molecule has 0 radical (unpaired) electrons. The molecule has 2 aromatic carbocycles. The number of carbonyl (C=O) groups excluding carboxylic acids is 2. The molecule has 3 saturated heterocycles. The molecule has 7 heteroatoms. The Morgan fingerprint density at radius 1 is 0.931 bits per heavy atom. The molecule has 3 atom stereocenters. The van der Waals surface area contributed by atoms with Gasteiger partial charge in [0, 0.05) is 13.1 Å². The Bertz CT molecular complexity index is 1010. The number of hydrogen-bond acceptors (Lipinski definition) is 6. The Labute approximate surface area is 168 Å². The highest BCUT2D eigenvalue weighted by atomic mass is 16.5. The van der Waals surface area contributed by atoms with Crippen LogP contribution in [0.15, 0.2) is 48.5 Å². The van der Waals surface area contributed by atoms with E-state index in [1.54, 1.807) is 31.4 Å². The summed E-state index contributed by atoms with van der Waals surface area (Å²) < 4.78 is 5.26. The minimum atomic E-state index is -0.479. The van der Waals surface area contributed by atoms with Gasteiger partial charge in [-0.1, -0.05) is 12.1 Å². The molecule has 3 aliphatic rings. The fraction of sp³-hybridized carbons (Fsp3) is 0.318. The lowest BCUT2D eigenvalue weighted by Crippen LogP contribution is -2.44. The molecule has 5 rings (SSSR count). The number of methoxy groups -OCH3 is 1. The van der Waals surface area contributed by atoms with Gasteiger partial charge < -0.3 is 4.74 Å². The maximum atomic E-state index is 13.5. The minimum absolute atomic E-state index is 0.173. The first kappa shape index (κ1) is 17.9. The number of fused-ring (bicyclic) bond motifs is 3. The number of anilines is 1. The number of hydrazine groups is 1. The summed E-state index contributed by atoms with van der Waals surface area (Å²) in [6.45, 7) is 1.61. The van der Waals surface area contributed by atoms with E-state index in [9.17, 15) is 9.59 Å². The average Bonchev–Trinajstić information content (AvgIpc) is 3.40. The molecule has 3 heterocycles. The molecule has 3 fully saturated rings. The first-order chi connectivity index (χ1) is 14.1. The fourth-order valence-electron chi connectivity index (χ4n) is 4.85. The molecule has 146 valence electrons. The molecular formula is C22H20N4O3. The van der Waals surface area contributed by atoms with Crippen LogP contribution in [0.3, 0.4) is 0 Å². The summed E-state index contributed by atoms with van der Waals surface area (Å²) in [5.74, 6) is -0.0611. The maximum Gasteiger partial charge on any atom is 0.253 e. The second-order valence-electron chi connectivity index (χ2n) is 7.54. The summed E-state index contributed by atoms with van der Waals surface area (Å²) in [7, 11) is 1.62. The molecule has 0 saturated carbocycles. The zero-order valence-corrected chi connectivity index (χ0v) is 16.0. The standard InChI is InChI=1S/C22H20N4O3/c1-29-17-9-5-15(6-10-17)19-18-20(25-12-2-11-24(19)25)22(28)26(21(18)27)16-7-3-14(13-23)4-8-16/h3-10,18-20H,2,11-12H2,1H3/t18-,19-,20-/m1/s1. The van der Waals surface area contributed by atoms with E-state index in [1.807, 2.05) is 24.3 Å². The van der Waals surface area contributed by atoms with Crippen LogP contribution in [0, 0.1) is 17.2 Å². The Morgan fingerprint density at radius 2 is 1.59 bits per heavy atom. The zero-order chi connectivity index (χ0) is 20.1. The fourth-order valence-corrected chi connectivity index (χ4v) is 4.85. The summed E-state index contributed by atoms with van der Waals surface area (Å²) in [5, 5.41) is 13.3. The highest BCUT2D eigenvalue weighted by Crippen LogP contribution is 2.49. The lowest BCUT2D eigenvalue weighted by atomic mass is 9.90. The SMILES string of the molecule is COc1ccc([C@@H]2[C@H]3C(=O)N(c4ccc(C#N)cc4)C(=O)[C@@H]3N3CCCN23)cc1. The molecule has 0 aliphatic carbocycles. The van der Waals surface area contributed by atoms with Crippen molar-refractivity contribution in [2.45, 2.75) is 18.5 Å². The summed E-state index contributed by atoms with van der Waals surface area (Å²) in [5.41, 5.74) is 2.02. The second-order valence-corrected chi connectivity index (χ2v) is 7.54. The molecule has 2 aromatic rings. The van der Waals surface area contributed by atoms with E-state index in [1.165, 1.54) is 4.90 Å². The number of benzene rings is 2. The van der Waals surface area contributed by atoms with Gasteiger partial charge in [-0.15, -0.1) is 0 Å². The summed E-state index contributed by atoms with van der Waals surface area (Å²) in [6.07, 6.45) is 0.966. The molecule has 7 nitrogen and oxygen atoms in total. The number of hydrogen-bond donors (Lipinski definition) is 0. The van der Waals surface area contributed by atoms with Gasteiger partial charge in [-0.2, -0.15) is 5.26 Å². The Kier molecular flexibility index (Phi) is 4.12. The Balaban J connectivity index is 1.54. The van der Waals surface area contributed by atoms with Gasteiger partial charge in [-0.05, 0) is 48.4 Å². The quantitative estimate of drug-likeness (QED) is 0.750. The largest absolute Gasteiger partial charge is 0.497 e. The highest BCUT2D eigenvalue weighted by molar-refractivity contribution is 6.24. The van der Waals surface area contributed by atoms with Crippen LogP contribution < -0.4 is 9.64 Å². The number of carbonyl (C=O) groups is 2. The van der Waals surface area contributed by atoms with Crippen LogP contribution in [0.5, 0.6) is 5.75 Å². The van der Waals surface area contributed by atoms with E-state index in [-0.39, 0.29) is 17.9 Å². The monoisotopic (exact) mass is 388 g/mol. The van der Waals surface area contributed by atoms with Gasteiger partial charge in [0.05, 0.1) is 36.4 Å². The lowest BCUT2D eigenvalue weighted by molar-refractivity contribution is -0.126. The molecular weight excluding hydrogens is 368 g/mol. The molecule has 29 heavy (non-hydrogen) atoms. The third-order valence-corrected chi connectivity index (χ3v) is 6.12. The van der Waals surface area contributed by atoms with Crippen molar-refractivity contribution in [3.63, 3.8) is 0 Å². The van der Waals surface area contributed by atoms with Crippen LogP contribution in [0.4, 0.5) is 5.69 Å². The number of nitriles is 1. The van der Waals surface area contributed by atoms with E-state index in [0.29, 0.717) is 11.3 Å². The first-order valence-corrected chi connectivity index (χ1v) is 9.69. The van der Waals surface area contributed by atoms with Crippen molar-refractivity contribution in [1.82, 2.24) is 10.0 Å². The number of imide groups is 1. The van der Waals surface area contributed by atoms with Gasteiger partial charge in [0.2, 0.25) is 5.91 Å². The van der Waals surface area contributed by atoms with Crippen LogP contribution in [0.1, 0.15) is 23.6 Å². The first-order valence-electron chi connectivity index (χ1n) is 9.69. The van der Waals surface area contributed by atoms with Crippen molar-refractivity contribution in [3.05, 3.63) is 59.7 Å². The van der Waals surface area contributed by atoms with Crippen molar-refractivity contribution in [2.24, 2.45) is 5.92 Å². The molecule has 3 aliphatic heterocycles. The van der Waals surface area contributed by atoms with E-state index in [0.717, 1.165) is 30.8 Å². The molecule has 0 aromatic heterocycles. The van der Waals surface area contributed by atoms with Crippen molar-refractivity contribution >= 4 is 17.5 Å². The third kappa shape index (κ3) is 2.57. The Morgan fingerprint density at radius 3 is 2.21 bits per heavy atom. The van der Waals surface area contributed by atoms with Crippen LogP contribution in [0.25, 0.3) is 0 Å². The number of amides is 2. The minimum Gasteiger partial charge on any atom is -0.497 e. The van der Waals surface area contributed by atoms with Gasteiger partial charge in [-0.3, -0.25) is 9.59 Å². The molecule has 0 N–H and O–H groups in total. The number of nitrogens with zero attached hydrogens (tertiary/aromatic N) is 4.